The molecule has 0 rings (SSSR count). The molecule has 0 bridgehead atoms. The first kappa shape index (κ1) is 11.4. The molecule has 0 saturated carbocycles. The van der Waals surface area contributed by atoms with Crippen LogP contribution in [0.4, 0.5) is 0 Å². The lowest BCUT2D eigenvalue weighted by molar-refractivity contribution is 0.704. The van der Waals surface area contributed by atoms with E-state index in [1.165, 1.54) is 38.0 Å². The minimum atomic E-state index is -0.464. The topological polar surface area (TPSA) is 0 Å². The highest BCUT2D eigenvalue weighted by molar-refractivity contribution is 7.74. The van der Waals surface area contributed by atoms with E-state index < -0.39 is 7.26 Å². The lowest BCUT2D eigenvalue weighted by Gasteiger charge is -2.15. The van der Waals surface area contributed by atoms with Crippen LogP contribution in [0.25, 0.3) is 0 Å². The maximum Gasteiger partial charge on any atom is 0.0588 e. The Morgan fingerprint density at radius 3 is 2.00 bits per heavy atom. The first-order valence-electron chi connectivity index (χ1n) is 4.94. The lowest BCUT2D eigenvalue weighted by atomic mass is 10.2. The van der Waals surface area contributed by atoms with E-state index in [-0.39, 0.29) is 0 Å². The summed E-state index contributed by atoms with van der Waals surface area (Å²) < 4.78 is 0. The van der Waals surface area contributed by atoms with Gasteiger partial charge in [0.05, 0.1) is 12.3 Å². The molecule has 0 aromatic carbocycles. The van der Waals surface area contributed by atoms with Crippen molar-refractivity contribution in [2.45, 2.75) is 39.5 Å². The molecule has 0 aliphatic rings. The van der Waals surface area contributed by atoms with Gasteiger partial charge >= 0.3 is 0 Å². The fourth-order valence-electron chi connectivity index (χ4n) is 1.12. The highest BCUT2D eigenvalue weighted by Crippen LogP contribution is 2.51. The Balaban J connectivity index is 3.23. The van der Waals surface area contributed by atoms with Crippen molar-refractivity contribution in [1.82, 2.24) is 0 Å². The van der Waals surface area contributed by atoms with Gasteiger partial charge in [0.15, 0.2) is 0 Å². The Labute approximate surface area is 73.1 Å². The van der Waals surface area contributed by atoms with Crippen LogP contribution in [-0.2, 0) is 0 Å². The van der Waals surface area contributed by atoms with E-state index in [2.05, 4.69) is 27.2 Å². The summed E-state index contributed by atoms with van der Waals surface area (Å²) in [5, 5.41) is 0. The smallest absolute Gasteiger partial charge is 0.0588 e. The van der Waals surface area contributed by atoms with Crippen molar-refractivity contribution in [3.8, 4) is 0 Å². The summed E-state index contributed by atoms with van der Waals surface area (Å²) in [6, 6.07) is 0. The maximum absolute atomic E-state index is 2.49. The molecule has 0 nitrogen and oxygen atoms in total. The van der Waals surface area contributed by atoms with Crippen molar-refractivity contribution in [3.05, 3.63) is 0 Å². The Bertz CT molecular complexity index is 86.9. The molecule has 0 aliphatic heterocycles. The van der Waals surface area contributed by atoms with Crippen molar-refractivity contribution >= 4 is 7.26 Å². The Kier molecular flexibility index (Phi) is 6.24. The van der Waals surface area contributed by atoms with E-state index in [0.717, 1.165) is 0 Å². The molecule has 0 spiro atoms. The van der Waals surface area contributed by atoms with Crippen LogP contribution >= 0.6 is 7.26 Å². The third-order valence-corrected chi connectivity index (χ3v) is 5.71. The molecule has 11 heavy (non-hydrogen) atoms. The normalized spacial score (nSPS) is 12.0. The SMILES string of the molecule is CCCCCC[P+](C)(C)CC. The summed E-state index contributed by atoms with van der Waals surface area (Å²) in [6.07, 6.45) is 8.68. The summed E-state index contributed by atoms with van der Waals surface area (Å²) in [7, 11) is -0.464. The molecular formula is C10H24P+. The van der Waals surface area contributed by atoms with Gasteiger partial charge in [0.1, 0.15) is 0 Å². The molecule has 0 unspecified atom stereocenters. The maximum atomic E-state index is 2.49. The molecule has 0 heterocycles. The van der Waals surface area contributed by atoms with E-state index in [1.807, 2.05) is 0 Å². The zero-order valence-electron chi connectivity index (χ0n) is 8.69. The standard InChI is InChI=1S/C10H24P/c1-5-7-8-9-10-11(3,4)6-2/h5-10H2,1-4H3/q+1. The summed E-state index contributed by atoms with van der Waals surface area (Å²) in [4.78, 5) is 0. The van der Waals surface area contributed by atoms with Gasteiger partial charge in [0.25, 0.3) is 0 Å². The average molecular weight is 175 g/mol. The first-order valence-corrected chi connectivity index (χ1v) is 7.99. The predicted octanol–water partition coefficient (Wildman–Crippen LogP) is 3.86. The van der Waals surface area contributed by atoms with Gasteiger partial charge in [-0.25, -0.2) is 0 Å². The van der Waals surface area contributed by atoms with Gasteiger partial charge in [-0.1, -0.05) is 19.8 Å². The molecule has 0 radical (unpaired) electrons. The monoisotopic (exact) mass is 175 g/mol. The second-order valence-electron chi connectivity index (χ2n) is 4.04. The van der Waals surface area contributed by atoms with Gasteiger partial charge in [-0.3, -0.25) is 0 Å². The molecular weight excluding hydrogens is 151 g/mol. The van der Waals surface area contributed by atoms with Gasteiger partial charge in [-0.05, 0) is 19.8 Å². The van der Waals surface area contributed by atoms with Gasteiger partial charge in [-0.15, -0.1) is 0 Å². The third-order valence-electron chi connectivity index (χ3n) is 2.47. The Morgan fingerprint density at radius 2 is 1.55 bits per heavy atom. The number of unbranched alkanes of at least 4 members (excludes halogenated alkanes) is 3. The molecule has 0 fully saturated rings. The molecule has 68 valence electrons. The van der Waals surface area contributed by atoms with Gasteiger partial charge in [-0.2, -0.15) is 0 Å². The predicted molar refractivity (Wildman–Crippen MR) is 58.3 cm³/mol. The van der Waals surface area contributed by atoms with Crippen LogP contribution in [0.2, 0.25) is 0 Å². The van der Waals surface area contributed by atoms with Crippen LogP contribution in [0.5, 0.6) is 0 Å². The fourth-order valence-corrected chi connectivity index (χ4v) is 2.52. The minimum absolute atomic E-state index is 0.464. The number of hydrogen-bond donors (Lipinski definition) is 0. The van der Waals surface area contributed by atoms with Crippen molar-refractivity contribution in [2.75, 3.05) is 25.7 Å². The van der Waals surface area contributed by atoms with Crippen LogP contribution in [0.1, 0.15) is 39.5 Å². The molecule has 0 N–H and O–H groups in total. The van der Waals surface area contributed by atoms with Crippen LogP contribution in [0, 0.1) is 0 Å². The number of hydrogen-bond acceptors (Lipinski definition) is 0. The van der Waals surface area contributed by atoms with Crippen LogP contribution < -0.4 is 0 Å². The zero-order chi connectivity index (χ0) is 8.74. The molecule has 1 heteroatoms. The van der Waals surface area contributed by atoms with Crippen molar-refractivity contribution < 1.29 is 0 Å². The largest absolute Gasteiger partial charge is 0.0654 e. The molecule has 0 atom stereocenters. The first-order chi connectivity index (χ1) is 5.12. The minimum Gasteiger partial charge on any atom is -0.0654 e. The van der Waals surface area contributed by atoms with E-state index >= 15 is 0 Å². The molecule has 0 aliphatic carbocycles. The second kappa shape index (κ2) is 6.00. The second-order valence-corrected chi connectivity index (χ2v) is 8.99. The van der Waals surface area contributed by atoms with Crippen LogP contribution in [0.15, 0.2) is 0 Å². The van der Waals surface area contributed by atoms with Crippen LogP contribution in [0.3, 0.4) is 0 Å². The summed E-state index contributed by atoms with van der Waals surface area (Å²) in [5.41, 5.74) is 0. The number of rotatable bonds is 6. The summed E-state index contributed by atoms with van der Waals surface area (Å²) in [6.45, 7) is 9.59. The van der Waals surface area contributed by atoms with E-state index in [0.29, 0.717) is 0 Å². The highest BCUT2D eigenvalue weighted by atomic mass is 31.2. The van der Waals surface area contributed by atoms with Crippen molar-refractivity contribution in [2.24, 2.45) is 0 Å². The van der Waals surface area contributed by atoms with Gasteiger partial charge in [0, 0.05) is 20.6 Å². The molecule has 0 aromatic heterocycles. The molecule has 0 aromatic rings. The Morgan fingerprint density at radius 1 is 0.909 bits per heavy atom. The van der Waals surface area contributed by atoms with E-state index in [4.69, 9.17) is 0 Å². The van der Waals surface area contributed by atoms with E-state index in [9.17, 15) is 0 Å². The summed E-state index contributed by atoms with van der Waals surface area (Å²) >= 11 is 0. The van der Waals surface area contributed by atoms with Crippen molar-refractivity contribution in [3.63, 3.8) is 0 Å². The van der Waals surface area contributed by atoms with Gasteiger partial charge in [0.2, 0.25) is 0 Å². The fraction of sp³-hybridized carbons (Fsp3) is 1.00. The quantitative estimate of drug-likeness (QED) is 0.424. The van der Waals surface area contributed by atoms with Crippen LogP contribution in [-0.4, -0.2) is 25.7 Å². The lowest BCUT2D eigenvalue weighted by Crippen LogP contribution is -1.97. The zero-order valence-corrected chi connectivity index (χ0v) is 9.58. The van der Waals surface area contributed by atoms with E-state index in [1.54, 1.807) is 0 Å². The Hall–Kier alpha value is 0.430. The molecule has 0 saturated heterocycles. The van der Waals surface area contributed by atoms with Gasteiger partial charge < -0.3 is 0 Å². The van der Waals surface area contributed by atoms with Crippen molar-refractivity contribution in [1.29, 1.82) is 0 Å². The highest BCUT2D eigenvalue weighted by Gasteiger charge is 2.20. The molecule has 0 amide bonds. The average Bonchev–Trinajstić information content (AvgIpc) is 1.99. The summed E-state index contributed by atoms with van der Waals surface area (Å²) in [5.74, 6) is 0. The third kappa shape index (κ3) is 6.81.